The first-order valence-corrected chi connectivity index (χ1v) is 13.7. The molecule has 0 aromatic heterocycles. The Bertz CT molecular complexity index is 1820. The van der Waals surface area contributed by atoms with Gasteiger partial charge in [0.05, 0.1) is 17.1 Å². The number of nitrogens with zero attached hydrogens (tertiary/aromatic N) is 4. The lowest BCUT2D eigenvalue weighted by Gasteiger charge is -2.30. The van der Waals surface area contributed by atoms with Gasteiger partial charge in [0.25, 0.3) is 0 Å². The zero-order valence-corrected chi connectivity index (χ0v) is 22.4. The molecule has 5 aromatic rings. The van der Waals surface area contributed by atoms with Crippen LogP contribution in [0.3, 0.4) is 0 Å². The number of aromatic hydroxyl groups is 1. The van der Waals surface area contributed by atoms with Crippen molar-refractivity contribution in [3.63, 3.8) is 0 Å². The minimum atomic E-state index is -0.136. The van der Waals surface area contributed by atoms with Gasteiger partial charge in [0.2, 0.25) is 0 Å². The molecule has 0 fully saturated rings. The second-order valence-corrected chi connectivity index (χ2v) is 10.4. The van der Waals surface area contributed by atoms with Crippen LogP contribution in [0.4, 0.5) is 22.7 Å². The molecule has 0 saturated heterocycles. The molecule has 200 valence electrons. The van der Waals surface area contributed by atoms with E-state index in [0.717, 1.165) is 55.9 Å². The summed E-state index contributed by atoms with van der Waals surface area (Å²) in [5, 5.41) is 37.7. The summed E-state index contributed by atoms with van der Waals surface area (Å²) in [5.41, 5.74) is 7.70. The fraction of sp³-hybridized carbons (Fsp3) is 0.118. The number of hydrogen-bond donors (Lipinski definition) is 3. The molecule has 1 aliphatic heterocycles. The average Bonchev–Trinajstić information content (AvgIpc) is 3.01. The third-order valence-corrected chi connectivity index (χ3v) is 7.64. The monoisotopic (exact) mass is 536 g/mol. The van der Waals surface area contributed by atoms with E-state index in [1.807, 2.05) is 66.7 Å². The maximum atomic E-state index is 9.69. The SMILES string of the molecule is CC1C=C(/N=N/c2ccccc2)c2ccccc2C1/N=N/c1ccc2c3c(cccc13)NC(c1ccc(O)cc1)N2. The summed E-state index contributed by atoms with van der Waals surface area (Å²) in [5.74, 6) is 0.341. The molecule has 1 aliphatic carbocycles. The van der Waals surface area contributed by atoms with Crippen LogP contribution in [0.25, 0.3) is 16.5 Å². The second-order valence-electron chi connectivity index (χ2n) is 10.4. The van der Waals surface area contributed by atoms with E-state index in [0.29, 0.717) is 0 Å². The smallest absolute Gasteiger partial charge is 0.123 e. The number of phenols is 1. The predicted molar refractivity (Wildman–Crippen MR) is 164 cm³/mol. The fourth-order valence-corrected chi connectivity index (χ4v) is 5.59. The van der Waals surface area contributed by atoms with Crippen LogP contribution in [0.5, 0.6) is 5.75 Å². The number of hydrogen-bond acceptors (Lipinski definition) is 7. The lowest BCUT2D eigenvalue weighted by Crippen LogP contribution is -2.23. The molecule has 7 heteroatoms. The summed E-state index contributed by atoms with van der Waals surface area (Å²) in [4.78, 5) is 0. The Kier molecular flexibility index (Phi) is 6.24. The first-order chi connectivity index (χ1) is 20.1. The van der Waals surface area contributed by atoms with Gasteiger partial charge in [-0.2, -0.15) is 20.5 Å². The third-order valence-electron chi connectivity index (χ3n) is 7.64. The van der Waals surface area contributed by atoms with Crippen molar-refractivity contribution in [3.8, 4) is 5.75 Å². The van der Waals surface area contributed by atoms with E-state index in [4.69, 9.17) is 10.2 Å². The molecule has 41 heavy (non-hydrogen) atoms. The topological polar surface area (TPSA) is 93.7 Å². The fourth-order valence-electron chi connectivity index (χ4n) is 5.59. The number of anilines is 2. The van der Waals surface area contributed by atoms with Gasteiger partial charge >= 0.3 is 0 Å². The van der Waals surface area contributed by atoms with Gasteiger partial charge in [-0.15, -0.1) is 0 Å². The molecule has 7 nitrogen and oxygen atoms in total. The van der Waals surface area contributed by atoms with Crippen LogP contribution in [0, 0.1) is 5.92 Å². The van der Waals surface area contributed by atoms with Gasteiger partial charge in [0, 0.05) is 33.6 Å². The second kappa shape index (κ2) is 10.4. The van der Waals surface area contributed by atoms with Crippen LogP contribution in [0.15, 0.2) is 136 Å². The molecular formula is C34H28N6O. The Balaban J connectivity index is 1.19. The zero-order chi connectivity index (χ0) is 27.8. The number of rotatable bonds is 5. The molecular weight excluding hydrogens is 508 g/mol. The molecule has 3 unspecified atom stereocenters. The molecule has 0 saturated carbocycles. The van der Waals surface area contributed by atoms with Crippen molar-refractivity contribution in [2.75, 3.05) is 10.6 Å². The quantitative estimate of drug-likeness (QED) is 0.195. The minimum absolute atomic E-state index is 0.0905. The maximum Gasteiger partial charge on any atom is 0.123 e. The number of benzene rings is 5. The van der Waals surface area contributed by atoms with Crippen molar-refractivity contribution in [1.82, 2.24) is 0 Å². The lowest BCUT2D eigenvalue weighted by molar-refractivity contribution is 0.475. The van der Waals surface area contributed by atoms with Crippen molar-refractivity contribution in [3.05, 3.63) is 132 Å². The highest BCUT2D eigenvalue weighted by Gasteiger charge is 2.27. The Labute approximate surface area is 238 Å². The van der Waals surface area contributed by atoms with E-state index in [1.54, 1.807) is 12.1 Å². The van der Waals surface area contributed by atoms with E-state index in [2.05, 4.69) is 64.2 Å². The van der Waals surface area contributed by atoms with Gasteiger partial charge in [0.15, 0.2) is 0 Å². The Morgan fingerprint density at radius 2 is 1.44 bits per heavy atom. The van der Waals surface area contributed by atoms with Crippen molar-refractivity contribution < 1.29 is 5.11 Å². The standard InChI is InChI=1S/C34H28N6O/c1-21-20-31(39-37-23-8-3-2-4-9-23)25-10-5-6-11-26(25)33(21)40-38-28-18-19-30-32-27(28)12-7-13-29(32)35-34(36-30)22-14-16-24(41)17-15-22/h2-21,33-36,41H,1H3/b39-37+,40-38+. The van der Waals surface area contributed by atoms with Crippen LogP contribution < -0.4 is 10.6 Å². The van der Waals surface area contributed by atoms with Gasteiger partial charge in [-0.1, -0.05) is 79.7 Å². The zero-order valence-electron chi connectivity index (χ0n) is 22.4. The molecule has 3 N–H and O–H groups in total. The summed E-state index contributed by atoms with van der Waals surface area (Å²) in [6, 6.07) is 35.4. The normalized spacial score (nSPS) is 19.5. The van der Waals surface area contributed by atoms with E-state index in [9.17, 15) is 5.11 Å². The molecule has 0 bridgehead atoms. The van der Waals surface area contributed by atoms with Gasteiger partial charge in [0.1, 0.15) is 18.0 Å². The molecule has 0 amide bonds. The van der Waals surface area contributed by atoms with Gasteiger partial charge in [-0.05, 0) is 53.6 Å². The van der Waals surface area contributed by atoms with E-state index < -0.39 is 0 Å². The summed E-state index contributed by atoms with van der Waals surface area (Å²) in [6.45, 7) is 2.15. The first-order valence-electron chi connectivity index (χ1n) is 13.7. The highest BCUT2D eigenvalue weighted by molar-refractivity contribution is 6.09. The predicted octanol–water partition coefficient (Wildman–Crippen LogP) is 9.68. The molecule has 5 aromatic carbocycles. The number of phenolic OH excluding ortho intramolecular Hbond substituents is 1. The lowest BCUT2D eigenvalue weighted by atomic mass is 9.84. The first kappa shape index (κ1) is 24.7. The van der Waals surface area contributed by atoms with Crippen LogP contribution in [0.2, 0.25) is 0 Å². The molecule has 3 atom stereocenters. The van der Waals surface area contributed by atoms with Gasteiger partial charge < -0.3 is 15.7 Å². The van der Waals surface area contributed by atoms with Gasteiger partial charge in [-0.3, -0.25) is 0 Å². The van der Waals surface area contributed by atoms with Crippen LogP contribution in [-0.4, -0.2) is 5.11 Å². The van der Waals surface area contributed by atoms with E-state index >= 15 is 0 Å². The summed E-state index contributed by atoms with van der Waals surface area (Å²) in [6.07, 6.45) is 2.02. The number of azo groups is 2. The van der Waals surface area contributed by atoms with Crippen LogP contribution >= 0.6 is 0 Å². The summed E-state index contributed by atoms with van der Waals surface area (Å²) >= 11 is 0. The Hall–Kier alpha value is -5.30. The van der Waals surface area contributed by atoms with Crippen molar-refractivity contribution >= 4 is 39.2 Å². The van der Waals surface area contributed by atoms with Crippen LogP contribution in [0.1, 0.15) is 35.8 Å². The maximum absolute atomic E-state index is 9.69. The molecule has 0 radical (unpaired) electrons. The Morgan fingerprint density at radius 1 is 0.683 bits per heavy atom. The van der Waals surface area contributed by atoms with E-state index in [-0.39, 0.29) is 23.9 Å². The largest absolute Gasteiger partial charge is 0.508 e. The average molecular weight is 537 g/mol. The highest BCUT2D eigenvalue weighted by atomic mass is 16.3. The summed E-state index contributed by atoms with van der Waals surface area (Å²) < 4.78 is 0. The van der Waals surface area contributed by atoms with Crippen molar-refractivity contribution in [1.29, 1.82) is 0 Å². The van der Waals surface area contributed by atoms with Crippen molar-refractivity contribution in [2.24, 2.45) is 26.4 Å². The third kappa shape index (κ3) is 4.72. The van der Waals surface area contributed by atoms with Gasteiger partial charge in [-0.25, -0.2) is 0 Å². The molecule has 1 heterocycles. The van der Waals surface area contributed by atoms with E-state index in [1.165, 1.54) is 0 Å². The highest BCUT2D eigenvalue weighted by Crippen LogP contribution is 2.44. The molecule has 2 aliphatic rings. The Morgan fingerprint density at radius 3 is 2.27 bits per heavy atom. The molecule has 0 spiro atoms. The number of nitrogens with one attached hydrogen (secondary N) is 2. The van der Waals surface area contributed by atoms with Crippen molar-refractivity contribution in [2.45, 2.75) is 19.1 Å². The summed E-state index contributed by atoms with van der Waals surface area (Å²) in [7, 11) is 0. The van der Waals surface area contributed by atoms with Crippen LogP contribution in [-0.2, 0) is 0 Å². The molecule has 7 rings (SSSR count). The number of fused-ring (bicyclic) bond motifs is 1. The minimum Gasteiger partial charge on any atom is -0.508 e.